The number of aliphatic hydroxyl groups is 1. The summed E-state index contributed by atoms with van der Waals surface area (Å²) in [6.07, 6.45) is 12.1. The molecule has 174 valence electrons. The van der Waals surface area contributed by atoms with E-state index in [-0.39, 0.29) is 28.6 Å². The van der Waals surface area contributed by atoms with Gasteiger partial charge in [-0.15, -0.1) is 0 Å². The van der Waals surface area contributed by atoms with E-state index in [2.05, 4.69) is 32.9 Å². The summed E-state index contributed by atoms with van der Waals surface area (Å²) in [5, 5.41) is 10.2. The van der Waals surface area contributed by atoms with Crippen LogP contribution < -0.4 is 0 Å². The molecule has 0 radical (unpaired) electrons. The van der Waals surface area contributed by atoms with E-state index in [9.17, 15) is 13.5 Å². The zero-order chi connectivity index (χ0) is 22.7. The molecule has 0 amide bonds. The standard InChI is InChI=1S/C28H38O3S/c1-19(18-32(30,31)22-7-5-4-6-8-22)24-11-12-25-23-10-9-20-17-21(29)13-15-27(20,2)26(23)14-16-28(24,25)3/h4-10,19,21,24-26,29H,11-18H2,1-3H3/t19-,21+,24-,25+,26+,27+,28-/m1/s1. The smallest absolute Gasteiger partial charge is 0.178 e. The lowest BCUT2D eigenvalue weighted by molar-refractivity contribution is 0.0360. The second-order valence-corrected chi connectivity index (χ2v) is 13.6. The van der Waals surface area contributed by atoms with E-state index in [1.807, 2.05) is 18.2 Å². The number of allylic oxidation sites excluding steroid dienone is 3. The molecule has 7 atom stereocenters. The maximum Gasteiger partial charge on any atom is 0.178 e. The van der Waals surface area contributed by atoms with E-state index in [0.717, 1.165) is 25.7 Å². The van der Waals surface area contributed by atoms with Crippen LogP contribution in [0.25, 0.3) is 0 Å². The highest BCUT2D eigenvalue weighted by atomic mass is 32.2. The summed E-state index contributed by atoms with van der Waals surface area (Å²) >= 11 is 0. The van der Waals surface area contributed by atoms with Crippen LogP contribution >= 0.6 is 0 Å². The molecule has 4 aliphatic carbocycles. The molecule has 0 unspecified atom stereocenters. The van der Waals surface area contributed by atoms with Crippen LogP contribution in [-0.2, 0) is 9.84 Å². The fraction of sp³-hybridized carbons (Fsp3) is 0.643. The summed E-state index contributed by atoms with van der Waals surface area (Å²) in [6.45, 7) is 7.05. The van der Waals surface area contributed by atoms with Crippen molar-refractivity contribution < 1.29 is 13.5 Å². The summed E-state index contributed by atoms with van der Waals surface area (Å²) in [5.41, 5.74) is 3.46. The van der Waals surface area contributed by atoms with E-state index < -0.39 is 9.84 Å². The molecule has 1 aromatic rings. The van der Waals surface area contributed by atoms with Gasteiger partial charge in [0.15, 0.2) is 9.84 Å². The van der Waals surface area contributed by atoms with E-state index in [4.69, 9.17) is 0 Å². The summed E-state index contributed by atoms with van der Waals surface area (Å²) in [6, 6.07) is 8.95. The van der Waals surface area contributed by atoms with E-state index in [1.54, 1.807) is 17.7 Å². The first-order valence-corrected chi connectivity index (χ1v) is 14.2. The first-order valence-electron chi connectivity index (χ1n) is 12.5. The van der Waals surface area contributed by atoms with Crippen LogP contribution in [0.2, 0.25) is 0 Å². The molecule has 1 N–H and O–H groups in total. The van der Waals surface area contributed by atoms with Crippen molar-refractivity contribution in [1.82, 2.24) is 0 Å². The Labute approximate surface area is 193 Å². The van der Waals surface area contributed by atoms with Gasteiger partial charge < -0.3 is 5.11 Å². The maximum atomic E-state index is 13.1. The zero-order valence-electron chi connectivity index (χ0n) is 19.8. The Morgan fingerprint density at radius 1 is 1.00 bits per heavy atom. The normalized spacial score (nSPS) is 39.9. The van der Waals surface area contributed by atoms with Crippen molar-refractivity contribution in [3.8, 4) is 0 Å². The van der Waals surface area contributed by atoms with Gasteiger partial charge in [0.1, 0.15) is 0 Å². The average molecular weight is 455 g/mol. The monoisotopic (exact) mass is 454 g/mol. The first-order chi connectivity index (χ1) is 15.1. The van der Waals surface area contributed by atoms with Gasteiger partial charge in [0.25, 0.3) is 0 Å². The van der Waals surface area contributed by atoms with E-state index in [0.29, 0.717) is 22.6 Å². The Bertz CT molecular complexity index is 1040. The quantitative estimate of drug-likeness (QED) is 0.611. The number of hydrogen-bond acceptors (Lipinski definition) is 3. The number of hydrogen-bond donors (Lipinski definition) is 1. The largest absolute Gasteiger partial charge is 0.393 e. The molecule has 3 nitrogen and oxygen atoms in total. The van der Waals surface area contributed by atoms with Crippen LogP contribution in [0, 0.1) is 34.5 Å². The zero-order valence-corrected chi connectivity index (χ0v) is 20.6. The van der Waals surface area contributed by atoms with Gasteiger partial charge in [-0.1, -0.05) is 62.3 Å². The lowest BCUT2D eigenvalue weighted by atomic mass is 9.50. The van der Waals surface area contributed by atoms with Crippen LogP contribution in [0.15, 0.2) is 58.5 Å². The SMILES string of the molecule is C[C@H](CS(=O)(=O)c1ccccc1)[C@H]1CC[C@H]2C3=CC=C4C[C@@H](O)CC[C@]4(C)[C@H]3CC[C@]12C. The van der Waals surface area contributed by atoms with Gasteiger partial charge in [-0.3, -0.25) is 0 Å². The third kappa shape index (κ3) is 3.44. The molecular weight excluding hydrogens is 416 g/mol. The molecule has 0 aliphatic heterocycles. The molecule has 4 aliphatic rings. The minimum Gasteiger partial charge on any atom is -0.393 e. The predicted molar refractivity (Wildman–Crippen MR) is 129 cm³/mol. The predicted octanol–water partition coefficient (Wildman–Crippen LogP) is 5.96. The Balaban J connectivity index is 1.39. The lowest BCUT2D eigenvalue weighted by Gasteiger charge is -2.55. The summed E-state index contributed by atoms with van der Waals surface area (Å²) in [5.74, 6) is 2.00. The minimum absolute atomic E-state index is 0.155. The highest BCUT2D eigenvalue weighted by Gasteiger charge is 2.57. The number of fused-ring (bicyclic) bond motifs is 5. The fourth-order valence-corrected chi connectivity index (χ4v) is 9.83. The Hall–Kier alpha value is -1.39. The first kappa shape index (κ1) is 22.4. The molecular formula is C28H38O3S. The second kappa shape index (κ2) is 7.84. The fourth-order valence-electron chi connectivity index (χ4n) is 8.14. The molecule has 0 bridgehead atoms. The van der Waals surface area contributed by atoms with Gasteiger partial charge in [-0.25, -0.2) is 8.42 Å². The van der Waals surface area contributed by atoms with Crippen molar-refractivity contribution in [1.29, 1.82) is 0 Å². The van der Waals surface area contributed by atoms with Crippen LogP contribution in [0.1, 0.15) is 65.7 Å². The minimum atomic E-state index is -3.26. The highest BCUT2D eigenvalue weighted by molar-refractivity contribution is 7.91. The molecule has 4 heteroatoms. The third-order valence-corrected chi connectivity index (χ3v) is 11.8. The number of sulfone groups is 1. The topological polar surface area (TPSA) is 54.4 Å². The van der Waals surface area contributed by atoms with Gasteiger partial charge in [-0.2, -0.15) is 0 Å². The molecule has 0 saturated heterocycles. The number of rotatable bonds is 4. The molecule has 3 saturated carbocycles. The van der Waals surface area contributed by atoms with Crippen molar-refractivity contribution in [2.24, 2.45) is 34.5 Å². The second-order valence-electron chi connectivity index (χ2n) is 11.6. The number of aliphatic hydroxyl groups excluding tert-OH is 1. The highest BCUT2D eigenvalue weighted by Crippen LogP contribution is 2.65. The molecule has 3 fully saturated rings. The maximum absolute atomic E-state index is 13.1. The Kier molecular flexibility index (Phi) is 5.49. The van der Waals surface area contributed by atoms with Crippen LogP contribution in [-0.4, -0.2) is 25.4 Å². The molecule has 5 rings (SSSR count). The van der Waals surface area contributed by atoms with Crippen LogP contribution in [0.3, 0.4) is 0 Å². The van der Waals surface area contributed by atoms with E-state index >= 15 is 0 Å². The summed E-state index contributed by atoms with van der Waals surface area (Å²) < 4.78 is 26.2. The Morgan fingerprint density at radius 3 is 2.50 bits per heavy atom. The summed E-state index contributed by atoms with van der Waals surface area (Å²) in [7, 11) is -3.26. The molecule has 32 heavy (non-hydrogen) atoms. The van der Waals surface area contributed by atoms with Crippen molar-refractivity contribution >= 4 is 9.84 Å². The summed E-state index contributed by atoms with van der Waals surface area (Å²) in [4.78, 5) is 0.454. The molecule has 0 spiro atoms. The Morgan fingerprint density at radius 2 is 1.75 bits per heavy atom. The molecule has 1 aromatic carbocycles. The average Bonchev–Trinajstić information content (AvgIpc) is 3.12. The van der Waals surface area contributed by atoms with Gasteiger partial charge in [0.05, 0.1) is 16.8 Å². The van der Waals surface area contributed by atoms with Crippen molar-refractivity contribution in [2.75, 3.05) is 5.75 Å². The van der Waals surface area contributed by atoms with Gasteiger partial charge >= 0.3 is 0 Å². The third-order valence-electron chi connectivity index (χ3n) is 9.89. The van der Waals surface area contributed by atoms with Crippen molar-refractivity contribution in [2.45, 2.75) is 76.7 Å². The van der Waals surface area contributed by atoms with Crippen LogP contribution in [0.4, 0.5) is 0 Å². The number of benzene rings is 1. The van der Waals surface area contributed by atoms with Gasteiger partial charge in [0.2, 0.25) is 0 Å². The lowest BCUT2D eigenvalue weighted by Crippen LogP contribution is -2.46. The van der Waals surface area contributed by atoms with Crippen LogP contribution in [0.5, 0.6) is 0 Å². The van der Waals surface area contributed by atoms with Gasteiger partial charge in [0, 0.05) is 0 Å². The molecule has 0 aromatic heterocycles. The van der Waals surface area contributed by atoms with Crippen molar-refractivity contribution in [3.63, 3.8) is 0 Å². The van der Waals surface area contributed by atoms with Gasteiger partial charge in [-0.05, 0) is 91.6 Å². The van der Waals surface area contributed by atoms with E-state index in [1.165, 1.54) is 24.8 Å². The van der Waals surface area contributed by atoms with Crippen molar-refractivity contribution in [3.05, 3.63) is 53.6 Å². The molecule has 0 heterocycles.